The van der Waals surface area contributed by atoms with Crippen molar-refractivity contribution in [2.45, 2.75) is 47.7 Å². The van der Waals surface area contributed by atoms with Crippen LogP contribution in [0.2, 0.25) is 10.0 Å². The summed E-state index contributed by atoms with van der Waals surface area (Å²) >= 11 is 19.6. The zero-order valence-corrected chi connectivity index (χ0v) is 41.5. The second kappa shape index (κ2) is 23.6. The number of hydrogen-bond acceptors (Lipinski definition) is 12. The Morgan fingerprint density at radius 3 is 1.53 bits per heavy atom. The Hall–Kier alpha value is -6.88. The van der Waals surface area contributed by atoms with E-state index in [1.165, 1.54) is 4.88 Å². The number of nitrogens with zero attached hydrogens (tertiary/aromatic N) is 6. The first-order valence-corrected chi connectivity index (χ1v) is 24.5. The fourth-order valence-electron chi connectivity index (χ4n) is 7.52. The smallest absolute Gasteiger partial charge is 0.264 e. The average Bonchev–Trinajstić information content (AvgIpc) is 4.06. The molecule has 10 aromatic rings. The summed E-state index contributed by atoms with van der Waals surface area (Å²) in [5, 5.41) is 14.2. The molecule has 12 nitrogen and oxygen atoms in total. The molecule has 0 radical (unpaired) electrons. The van der Waals surface area contributed by atoms with Crippen LogP contribution in [0.1, 0.15) is 57.0 Å². The van der Waals surface area contributed by atoms with Crippen molar-refractivity contribution in [3.63, 3.8) is 0 Å². The van der Waals surface area contributed by atoms with Gasteiger partial charge in [-0.25, -0.2) is 9.97 Å². The summed E-state index contributed by atoms with van der Waals surface area (Å²) < 4.78 is 4.04. The number of aryl methyl sites for hydroxylation is 1. The molecule has 0 aliphatic rings. The summed E-state index contributed by atoms with van der Waals surface area (Å²) in [5.41, 5.74) is 15.2. The highest BCUT2D eigenvalue weighted by molar-refractivity contribution is 9.10. The van der Waals surface area contributed by atoms with Crippen LogP contribution in [0, 0.1) is 6.92 Å². The zero-order chi connectivity index (χ0) is 47.9. The molecule has 0 unspecified atom stereocenters. The first-order chi connectivity index (χ1) is 32.9. The predicted molar refractivity (Wildman–Crippen MR) is 300 cm³/mol. The summed E-state index contributed by atoms with van der Waals surface area (Å²) in [7, 11) is 0. The topological polar surface area (TPSA) is 172 Å². The van der Waals surface area contributed by atoms with Gasteiger partial charge in [-0.3, -0.25) is 18.7 Å². The molecule has 358 valence electrons. The maximum Gasteiger partial charge on any atom is 0.264 e. The Morgan fingerprint density at radius 1 is 0.600 bits per heavy atom. The highest BCUT2D eigenvalue weighted by Gasteiger charge is 2.21. The summed E-state index contributed by atoms with van der Waals surface area (Å²) in [5.74, 6) is 1.49. The predicted octanol–water partition coefficient (Wildman–Crippen LogP) is 14.2. The molecule has 0 saturated heterocycles. The van der Waals surface area contributed by atoms with Gasteiger partial charge in [0.1, 0.15) is 11.6 Å². The van der Waals surface area contributed by atoms with Crippen molar-refractivity contribution in [2.75, 3.05) is 22.1 Å². The van der Waals surface area contributed by atoms with Crippen molar-refractivity contribution in [2.24, 2.45) is 0 Å². The number of aromatic nitrogens is 6. The van der Waals surface area contributed by atoms with E-state index in [0.29, 0.717) is 36.9 Å². The number of benzene rings is 4. The minimum absolute atomic E-state index is 0. The van der Waals surface area contributed by atoms with Crippen LogP contribution in [-0.4, -0.2) is 29.1 Å². The van der Waals surface area contributed by atoms with Gasteiger partial charge in [0.05, 0.1) is 42.9 Å². The highest BCUT2D eigenvalue weighted by atomic mass is 79.9. The molecule has 0 saturated carbocycles. The van der Waals surface area contributed by atoms with E-state index < -0.39 is 0 Å². The Morgan fingerprint density at radius 2 is 1.07 bits per heavy atom. The molecular weight excluding hydrogens is 1020 g/mol. The molecule has 17 heteroatoms. The van der Waals surface area contributed by atoms with Gasteiger partial charge < -0.3 is 22.1 Å². The molecule has 10 rings (SSSR count). The zero-order valence-electron chi connectivity index (χ0n) is 36.8. The Balaban J connectivity index is 0.000000201. The van der Waals surface area contributed by atoms with Crippen LogP contribution < -0.4 is 33.2 Å². The first-order valence-electron chi connectivity index (χ1n) is 21.1. The molecule has 4 aromatic carbocycles. The molecule has 0 spiro atoms. The normalized spacial score (nSPS) is 11.5. The van der Waals surface area contributed by atoms with E-state index >= 15 is 0 Å². The standard InChI is InChI=1S/C25H20ClN5OS.C21H17BrClN5O.C5H6S.2CH4/c1-15(29-23-18(14-28-25(27)30-23)21-11-6-12-33-21)20-13-16-7-5-10-19(26)22(16)24(32)31(20)17-8-3-2-4-9-17;1-12(26-19-15(22)11-25-21(24)27-19)17-10-13-6-5-9-16(23)18(13)20(29)28(17)14-7-3-2-4-8-14;1-5-3-2-4-6-5;;/h2-15H,1H3,(H3,27,28,29,30);2-12H,1H3,(H3,24,25,26,27);2-4H,1H3;2*1H4/t15-;12-;;;/m00.../s1. The molecule has 6 heterocycles. The minimum atomic E-state index is -0.283. The van der Waals surface area contributed by atoms with E-state index in [1.807, 2.05) is 128 Å². The highest BCUT2D eigenvalue weighted by Crippen LogP contribution is 2.34. The number of nitrogens with one attached hydrogen (secondary N) is 2. The lowest BCUT2D eigenvalue weighted by Crippen LogP contribution is -2.26. The SMILES string of the molecule is C.C.C[C@H](Nc1nc(N)ncc1-c1cccs1)c1cc2cccc(Cl)c2c(=O)n1-c1ccccc1.C[C@H](Nc1nc(N)ncc1Br)c1cc2cccc(Cl)c2c(=O)n1-c1ccccc1.Cc1cccs1. The van der Waals surface area contributed by atoms with Gasteiger partial charge in [0.15, 0.2) is 0 Å². The third kappa shape index (κ3) is 11.7. The van der Waals surface area contributed by atoms with Crippen molar-refractivity contribution in [1.29, 1.82) is 0 Å². The Labute approximate surface area is 432 Å². The van der Waals surface area contributed by atoms with Crippen LogP contribution in [0.15, 0.2) is 171 Å². The van der Waals surface area contributed by atoms with Crippen molar-refractivity contribution in [1.82, 2.24) is 29.1 Å². The summed E-state index contributed by atoms with van der Waals surface area (Å²) in [6, 6.07) is 41.5. The number of nitrogen functional groups attached to an aromatic ring is 2. The molecule has 0 aliphatic carbocycles. The van der Waals surface area contributed by atoms with Gasteiger partial charge in [0.25, 0.3) is 11.1 Å². The van der Waals surface area contributed by atoms with Gasteiger partial charge in [-0.2, -0.15) is 9.97 Å². The van der Waals surface area contributed by atoms with Crippen LogP contribution in [0.3, 0.4) is 0 Å². The van der Waals surface area contributed by atoms with Gasteiger partial charge in [-0.15, -0.1) is 22.7 Å². The molecule has 0 fully saturated rings. The van der Waals surface area contributed by atoms with Crippen LogP contribution in [-0.2, 0) is 0 Å². The first kappa shape index (κ1) is 52.5. The lowest BCUT2D eigenvalue weighted by molar-refractivity contribution is 0.772. The van der Waals surface area contributed by atoms with Crippen LogP contribution in [0.5, 0.6) is 0 Å². The maximum absolute atomic E-state index is 13.6. The van der Waals surface area contributed by atoms with Crippen LogP contribution >= 0.6 is 61.8 Å². The third-order valence-electron chi connectivity index (χ3n) is 10.7. The van der Waals surface area contributed by atoms with E-state index in [4.69, 9.17) is 34.7 Å². The summed E-state index contributed by atoms with van der Waals surface area (Å²) in [4.78, 5) is 46.3. The number of halogens is 3. The lowest BCUT2D eigenvalue weighted by Gasteiger charge is -2.22. The van der Waals surface area contributed by atoms with Crippen LogP contribution in [0.25, 0.3) is 43.4 Å². The number of thiophene rings is 2. The monoisotopic (exact) mass is 1070 g/mol. The Kier molecular flexibility index (Phi) is 17.7. The van der Waals surface area contributed by atoms with Crippen molar-refractivity contribution < 1.29 is 0 Å². The van der Waals surface area contributed by atoms with Gasteiger partial charge in [-0.1, -0.05) is 111 Å². The quantitative estimate of drug-likeness (QED) is 0.109. The molecule has 6 N–H and O–H groups in total. The number of fused-ring (bicyclic) bond motifs is 2. The van der Waals surface area contributed by atoms with Crippen molar-refractivity contribution in [3.8, 4) is 21.8 Å². The fraction of sp³-hybridized carbons (Fsp3) is 0.132. The maximum atomic E-state index is 13.6. The number of rotatable bonds is 9. The van der Waals surface area contributed by atoms with Gasteiger partial charge in [0.2, 0.25) is 11.9 Å². The van der Waals surface area contributed by atoms with E-state index in [-0.39, 0.29) is 50.0 Å². The van der Waals surface area contributed by atoms with E-state index in [9.17, 15) is 9.59 Å². The number of anilines is 4. The lowest BCUT2D eigenvalue weighted by atomic mass is 10.1. The second-order valence-electron chi connectivity index (χ2n) is 15.3. The molecule has 0 amide bonds. The molecule has 70 heavy (non-hydrogen) atoms. The summed E-state index contributed by atoms with van der Waals surface area (Å²) in [6.45, 7) is 6.04. The van der Waals surface area contributed by atoms with Crippen molar-refractivity contribution in [3.05, 3.63) is 208 Å². The molecule has 0 aliphatic heterocycles. The number of nitrogens with two attached hydrogens (primary N) is 2. The number of para-hydroxylation sites is 2. The minimum Gasteiger partial charge on any atom is -0.368 e. The van der Waals surface area contributed by atoms with Crippen LogP contribution in [0.4, 0.5) is 23.5 Å². The molecule has 0 bridgehead atoms. The van der Waals surface area contributed by atoms with E-state index in [0.717, 1.165) is 44.0 Å². The largest absolute Gasteiger partial charge is 0.368 e. The van der Waals surface area contributed by atoms with Gasteiger partial charge in [-0.05, 0) is 119 Å². The molecular formula is C53H51BrCl2N10O2S2. The molecule has 6 aromatic heterocycles. The van der Waals surface area contributed by atoms with Gasteiger partial charge in [0, 0.05) is 44.9 Å². The molecule has 2 atom stereocenters. The van der Waals surface area contributed by atoms with E-state index in [1.54, 1.807) is 56.3 Å². The fourth-order valence-corrected chi connectivity index (χ4v) is 9.62. The number of hydrogen-bond donors (Lipinski definition) is 4. The summed E-state index contributed by atoms with van der Waals surface area (Å²) in [6.07, 6.45) is 3.30. The second-order valence-corrected chi connectivity index (χ2v) is 19.1. The average molecular weight is 1080 g/mol. The van der Waals surface area contributed by atoms with Crippen molar-refractivity contribution >= 4 is 107 Å². The number of pyridine rings is 2. The van der Waals surface area contributed by atoms with Gasteiger partial charge >= 0.3 is 0 Å². The van der Waals surface area contributed by atoms with E-state index in [2.05, 4.69) is 70.9 Å². The Bertz CT molecular complexity index is 3470. The third-order valence-corrected chi connectivity index (χ3v) is 13.6.